The summed E-state index contributed by atoms with van der Waals surface area (Å²) < 4.78 is 0. The van der Waals surface area contributed by atoms with Gasteiger partial charge in [0.05, 0.1) is 10.8 Å². The molecule has 164 valence electrons. The molecular formula is C25H40O4. The number of carboxylic acid groups (broad SMARTS) is 2. The number of hydrogen-bond donors (Lipinski definition) is 2. The molecular weight excluding hydrogens is 364 g/mol. The van der Waals surface area contributed by atoms with Crippen LogP contribution in [0.15, 0.2) is 12.1 Å². The number of rotatable bonds is 13. The fourth-order valence-electron chi connectivity index (χ4n) is 3.65. The van der Waals surface area contributed by atoms with Crippen molar-refractivity contribution in [2.75, 3.05) is 0 Å². The molecule has 1 aromatic rings. The van der Waals surface area contributed by atoms with Crippen LogP contribution in [0.2, 0.25) is 0 Å². The Balaban J connectivity index is 2.60. The number of aryl methyl sites for hydroxylation is 2. The predicted octanol–water partition coefficient (Wildman–Crippen LogP) is 6.34. The molecule has 0 bridgehead atoms. The van der Waals surface area contributed by atoms with Crippen molar-refractivity contribution in [3.63, 3.8) is 0 Å². The van der Waals surface area contributed by atoms with Crippen molar-refractivity contribution in [1.29, 1.82) is 0 Å². The molecule has 0 fully saturated rings. The highest BCUT2D eigenvalue weighted by Gasteiger charge is 2.26. The quantitative estimate of drug-likeness (QED) is 0.376. The number of hydrogen-bond acceptors (Lipinski definition) is 2. The van der Waals surface area contributed by atoms with E-state index in [2.05, 4.69) is 26.0 Å². The maximum absolute atomic E-state index is 11.3. The summed E-state index contributed by atoms with van der Waals surface area (Å²) >= 11 is 0. The predicted molar refractivity (Wildman–Crippen MR) is 118 cm³/mol. The summed E-state index contributed by atoms with van der Waals surface area (Å²) in [6, 6.07) is 4.41. The van der Waals surface area contributed by atoms with Gasteiger partial charge in [0, 0.05) is 0 Å². The molecule has 0 saturated carbocycles. The molecule has 0 spiro atoms. The standard InChI is InChI=1S/C25H40O4/c1-18-14-15-20(12-9-11-17-25(5,6)23(28)29)21(19(18)2)13-8-7-10-16-24(3,4)22(26)27/h14-15H,7-13,16-17H2,1-6H3,(H,26,27)(H,28,29). The van der Waals surface area contributed by atoms with Crippen LogP contribution in [0.4, 0.5) is 0 Å². The van der Waals surface area contributed by atoms with Crippen LogP contribution >= 0.6 is 0 Å². The zero-order valence-corrected chi connectivity index (χ0v) is 19.2. The van der Waals surface area contributed by atoms with Crippen LogP contribution in [0.25, 0.3) is 0 Å². The average molecular weight is 405 g/mol. The van der Waals surface area contributed by atoms with E-state index < -0.39 is 22.8 Å². The van der Waals surface area contributed by atoms with Crippen molar-refractivity contribution < 1.29 is 19.8 Å². The lowest BCUT2D eigenvalue weighted by atomic mass is 9.85. The highest BCUT2D eigenvalue weighted by molar-refractivity contribution is 5.73. The number of unbranched alkanes of at least 4 members (excludes halogenated alkanes) is 3. The van der Waals surface area contributed by atoms with E-state index in [1.807, 2.05) is 0 Å². The van der Waals surface area contributed by atoms with Crippen LogP contribution < -0.4 is 0 Å². The van der Waals surface area contributed by atoms with Crippen molar-refractivity contribution in [1.82, 2.24) is 0 Å². The van der Waals surface area contributed by atoms with Gasteiger partial charge in [0.1, 0.15) is 0 Å². The zero-order chi connectivity index (χ0) is 22.2. The molecule has 0 aliphatic heterocycles. The van der Waals surface area contributed by atoms with Crippen molar-refractivity contribution in [3.05, 3.63) is 34.4 Å². The van der Waals surface area contributed by atoms with Gasteiger partial charge >= 0.3 is 11.9 Å². The number of carboxylic acids is 2. The van der Waals surface area contributed by atoms with Crippen molar-refractivity contribution in [3.8, 4) is 0 Å². The summed E-state index contributed by atoms with van der Waals surface area (Å²) in [5.41, 5.74) is 4.18. The second-order valence-electron chi connectivity index (χ2n) is 9.79. The SMILES string of the molecule is Cc1ccc(CCCCC(C)(C)C(=O)O)c(CCCCCC(C)(C)C(=O)O)c1C. The third-order valence-corrected chi connectivity index (χ3v) is 6.35. The van der Waals surface area contributed by atoms with E-state index in [1.165, 1.54) is 22.3 Å². The van der Waals surface area contributed by atoms with Gasteiger partial charge in [0.25, 0.3) is 0 Å². The molecule has 0 unspecified atom stereocenters. The third kappa shape index (κ3) is 7.83. The molecule has 2 N–H and O–H groups in total. The number of benzene rings is 1. The van der Waals surface area contributed by atoms with Gasteiger partial charge < -0.3 is 10.2 Å². The smallest absolute Gasteiger partial charge is 0.309 e. The summed E-state index contributed by atoms with van der Waals surface area (Å²) in [6.07, 6.45) is 8.37. The lowest BCUT2D eigenvalue weighted by molar-refractivity contribution is -0.148. The third-order valence-electron chi connectivity index (χ3n) is 6.35. The molecule has 29 heavy (non-hydrogen) atoms. The number of carbonyl (C=O) groups is 2. The molecule has 4 heteroatoms. The second kappa shape index (κ2) is 10.8. The first-order valence-corrected chi connectivity index (χ1v) is 10.9. The molecule has 0 radical (unpaired) electrons. The van der Waals surface area contributed by atoms with Gasteiger partial charge in [-0.15, -0.1) is 0 Å². The van der Waals surface area contributed by atoms with Crippen molar-refractivity contribution in [2.24, 2.45) is 10.8 Å². The minimum Gasteiger partial charge on any atom is -0.481 e. The Labute approximate surface area is 176 Å². The Morgan fingerprint density at radius 3 is 1.76 bits per heavy atom. The van der Waals surface area contributed by atoms with Gasteiger partial charge in [-0.3, -0.25) is 9.59 Å². The molecule has 0 saturated heterocycles. The van der Waals surface area contributed by atoms with Crippen LogP contribution in [-0.4, -0.2) is 22.2 Å². The Morgan fingerprint density at radius 1 is 0.759 bits per heavy atom. The fourth-order valence-corrected chi connectivity index (χ4v) is 3.65. The van der Waals surface area contributed by atoms with E-state index in [0.29, 0.717) is 12.8 Å². The minimum atomic E-state index is -0.726. The fraction of sp³-hybridized carbons (Fsp3) is 0.680. The molecule has 0 aromatic heterocycles. The minimum absolute atomic E-state index is 0.645. The van der Waals surface area contributed by atoms with Crippen LogP contribution in [0.5, 0.6) is 0 Å². The number of aliphatic carboxylic acids is 2. The van der Waals surface area contributed by atoms with E-state index in [1.54, 1.807) is 27.7 Å². The summed E-state index contributed by atoms with van der Waals surface area (Å²) in [6.45, 7) is 11.5. The topological polar surface area (TPSA) is 74.6 Å². The molecule has 1 aromatic carbocycles. The van der Waals surface area contributed by atoms with Gasteiger partial charge in [0.2, 0.25) is 0 Å². The highest BCUT2D eigenvalue weighted by atomic mass is 16.4. The molecule has 1 rings (SSSR count). The van der Waals surface area contributed by atoms with E-state index >= 15 is 0 Å². The zero-order valence-electron chi connectivity index (χ0n) is 19.2. The van der Waals surface area contributed by atoms with Crippen molar-refractivity contribution >= 4 is 11.9 Å². The summed E-state index contributed by atoms with van der Waals surface area (Å²) in [4.78, 5) is 22.5. The van der Waals surface area contributed by atoms with Crippen LogP contribution in [0.3, 0.4) is 0 Å². The van der Waals surface area contributed by atoms with Gasteiger partial charge in [-0.2, -0.15) is 0 Å². The van der Waals surface area contributed by atoms with Crippen LogP contribution in [0.1, 0.15) is 94.9 Å². The van der Waals surface area contributed by atoms with Gasteiger partial charge in [-0.05, 0) is 102 Å². The van der Waals surface area contributed by atoms with Crippen LogP contribution in [-0.2, 0) is 22.4 Å². The normalized spacial score (nSPS) is 12.2. The summed E-state index contributed by atoms with van der Waals surface area (Å²) in [5.74, 6) is -1.45. The van der Waals surface area contributed by atoms with E-state index in [-0.39, 0.29) is 0 Å². The molecule has 0 aliphatic carbocycles. The van der Waals surface area contributed by atoms with Crippen molar-refractivity contribution in [2.45, 2.75) is 99.3 Å². The first-order chi connectivity index (χ1) is 13.4. The maximum Gasteiger partial charge on any atom is 0.309 e. The summed E-state index contributed by atoms with van der Waals surface area (Å²) in [5, 5.41) is 18.5. The Morgan fingerprint density at radius 2 is 1.24 bits per heavy atom. The van der Waals surface area contributed by atoms with Gasteiger partial charge in [-0.1, -0.05) is 31.4 Å². The first kappa shape index (κ1) is 25.2. The molecule has 0 atom stereocenters. The summed E-state index contributed by atoms with van der Waals surface area (Å²) in [7, 11) is 0. The Hall–Kier alpha value is -1.84. The second-order valence-corrected chi connectivity index (χ2v) is 9.79. The van der Waals surface area contributed by atoms with E-state index in [0.717, 1.165) is 44.9 Å². The Kier molecular flexibility index (Phi) is 9.38. The monoisotopic (exact) mass is 404 g/mol. The van der Waals surface area contributed by atoms with E-state index in [9.17, 15) is 19.8 Å². The van der Waals surface area contributed by atoms with Gasteiger partial charge in [0.15, 0.2) is 0 Å². The largest absolute Gasteiger partial charge is 0.481 e. The lowest BCUT2D eigenvalue weighted by Crippen LogP contribution is -2.23. The lowest BCUT2D eigenvalue weighted by Gasteiger charge is -2.20. The maximum atomic E-state index is 11.3. The molecule has 0 amide bonds. The average Bonchev–Trinajstić information content (AvgIpc) is 2.62. The molecule has 0 aliphatic rings. The van der Waals surface area contributed by atoms with Gasteiger partial charge in [-0.25, -0.2) is 0 Å². The van der Waals surface area contributed by atoms with Crippen LogP contribution in [0, 0.1) is 24.7 Å². The highest BCUT2D eigenvalue weighted by Crippen LogP contribution is 2.27. The molecule has 0 heterocycles. The first-order valence-electron chi connectivity index (χ1n) is 10.9. The Bertz CT molecular complexity index is 701. The molecule has 4 nitrogen and oxygen atoms in total. The van der Waals surface area contributed by atoms with E-state index in [4.69, 9.17) is 0 Å².